The van der Waals surface area contributed by atoms with Gasteiger partial charge < -0.3 is 9.64 Å². The lowest BCUT2D eigenvalue weighted by Gasteiger charge is -2.19. The van der Waals surface area contributed by atoms with Crippen LogP contribution in [0.2, 0.25) is 0 Å². The van der Waals surface area contributed by atoms with Crippen LogP contribution in [0, 0.1) is 0 Å². The molecule has 0 unspecified atom stereocenters. The van der Waals surface area contributed by atoms with E-state index in [9.17, 15) is 0 Å². The van der Waals surface area contributed by atoms with Crippen LogP contribution in [0.3, 0.4) is 0 Å². The first kappa shape index (κ1) is 15.8. The van der Waals surface area contributed by atoms with Gasteiger partial charge in [-0.05, 0) is 30.7 Å². The number of nitrogens with zero attached hydrogens (tertiary/aromatic N) is 1. The zero-order valence-electron chi connectivity index (χ0n) is 12.0. The van der Waals surface area contributed by atoms with Crippen molar-refractivity contribution in [1.82, 2.24) is 0 Å². The molecule has 0 aliphatic rings. The van der Waals surface area contributed by atoms with E-state index in [4.69, 9.17) is 4.74 Å². The molecule has 0 saturated heterocycles. The first-order valence-corrected chi connectivity index (χ1v) is 6.63. The van der Waals surface area contributed by atoms with Gasteiger partial charge in [-0.25, -0.2) is 0 Å². The van der Waals surface area contributed by atoms with E-state index in [1.165, 1.54) is 24.9 Å². The molecule has 17 heavy (non-hydrogen) atoms. The maximum absolute atomic E-state index is 5.13. The number of rotatable bonds is 6. The quantitative estimate of drug-likeness (QED) is 0.682. The zero-order valence-corrected chi connectivity index (χ0v) is 12.0. The molecule has 1 aromatic rings. The maximum atomic E-state index is 5.13. The topological polar surface area (TPSA) is 12.5 Å². The smallest absolute Gasteiger partial charge is 0.119 e. The minimum atomic E-state index is 0.917. The van der Waals surface area contributed by atoms with Crippen molar-refractivity contribution < 1.29 is 4.74 Å². The van der Waals surface area contributed by atoms with Gasteiger partial charge in [-0.2, -0.15) is 0 Å². The molecule has 0 radical (unpaired) electrons. The molecule has 2 nitrogen and oxygen atoms in total. The molecule has 0 aromatic heterocycles. The van der Waals surface area contributed by atoms with Gasteiger partial charge in [-0.15, -0.1) is 0 Å². The third kappa shape index (κ3) is 6.20. The molecular formula is C15H27NO. The van der Waals surface area contributed by atoms with E-state index in [1.807, 2.05) is 26.0 Å². The van der Waals surface area contributed by atoms with Gasteiger partial charge in [0.1, 0.15) is 5.75 Å². The normalized spacial score (nSPS) is 9.24. The van der Waals surface area contributed by atoms with Crippen molar-refractivity contribution in [1.29, 1.82) is 0 Å². The second-order valence-corrected chi connectivity index (χ2v) is 3.83. The number of hydrogen-bond acceptors (Lipinski definition) is 2. The van der Waals surface area contributed by atoms with E-state index < -0.39 is 0 Å². The summed E-state index contributed by atoms with van der Waals surface area (Å²) in [5.41, 5.74) is 1.26. The van der Waals surface area contributed by atoms with Crippen molar-refractivity contribution in [2.24, 2.45) is 0 Å². The van der Waals surface area contributed by atoms with Gasteiger partial charge in [-0.1, -0.05) is 33.6 Å². The van der Waals surface area contributed by atoms with Crippen LogP contribution in [0.4, 0.5) is 5.69 Å². The second-order valence-electron chi connectivity index (χ2n) is 3.83. The van der Waals surface area contributed by atoms with Gasteiger partial charge in [0.25, 0.3) is 0 Å². The van der Waals surface area contributed by atoms with Crippen molar-refractivity contribution in [2.75, 3.05) is 25.6 Å². The Labute approximate surface area is 107 Å². The Morgan fingerprint density at radius 1 is 1.06 bits per heavy atom. The van der Waals surface area contributed by atoms with Crippen molar-refractivity contribution in [2.45, 2.75) is 40.0 Å². The van der Waals surface area contributed by atoms with Crippen LogP contribution in [0.5, 0.6) is 5.75 Å². The molecule has 0 aliphatic carbocycles. The first-order valence-electron chi connectivity index (χ1n) is 6.63. The number of benzene rings is 1. The maximum Gasteiger partial charge on any atom is 0.119 e. The molecule has 0 bridgehead atoms. The molecule has 98 valence electrons. The average molecular weight is 237 g/mol. The van der Waals surface area contributed by atoms with Crippen LogP contribution in [-0.2, 0) is 0 Å². The highest BCUT2D eigenvalue weighted by Gasteiger charge is 2.00. The molecule has 0 fully saturated rings. The molecule has 0 N–H and O–H groups in total. The molecule has 0 atom stereocenters. The Bertz CT molecular complexity index is 269. The Morgan fingerprint density at radius 2 is 1.65 bits per heavy atom. The Hall–Kier alpha value is -1.18. The number of methoxy groups -OCH3 is 1. The van der Waals surface area contributed by atoms with Crippen LogP contribution in [0.15, 0.2) is 24.3 Å². The SMILES string of the molecule is CC.CCCCCN(C)c1ccc(OC)cc1. The lowest BCUT2D eigenvalue weighted by Crippen LogP contribution is -2.18. The third-order valence-corrected chi connectivity index (χ3v) is 2.61. The predicted octanol–water partition coefficient (Wildman–Crippen LogP) is 4.35. The fourth-order valence-electron chi connectivity index (χ4n) is 1.56. The summed E-state index contributed by atoms with van der Waals surface area (Å²) < 4.78 is 5.13. The summed E-state index contributed by atoms with van der Waals surface area (Å²) in [7, 11) is 3.83. The van der Waals surface area contributed by atoms with Crippen LogP contribution >= 0.6 is 0 Å². The molecule has 1 rings (SSSR count). The summed E-state index contributed by atoms with van der Waals surface area (Å²) in [6.07, 6.45) is 3.84. The van der Waals surface area contributed by atoms with Crippen LogP contribution in [-0.4, -0.2) is 20.7 Å². The van der Waals surface area contributed by atoms with Crippen molar-refractivity contribution in [3.05, 3.63) is 24.3 Å². The van der Waals surface area contributed by atoms with Crippen molar-refractivity contribution in [3.63, 3.8) is 0 Å². The Balaban J connectivity index is 0.00000121. The number of ether oxygens (including phenoxy) is 1. The van der Waals surface area contributed by atoms with E-state index >= 15 is 0 Å². The van der Waals surface area contributed by atoms with Gasteiger partial charge in [0.2, 0.25) is 0 Å². The fourth-order valence-corrected chi connectivity index (χ4v) is 1.56. The fraction of sp³-hybridized carbons (Fsp3) is 0.600. The van der Waals surface area contributed by atoms with E-state index in [2.05, 4.69) is 31.0 Å². The van der Waals surface area contributed by atoms with Gasteiger partial charge in [0.05, 0.1) is 7.11 Å². The largest absolute Gasteiger partial charge is 0.497 e. The van der Waals surface area contributed by atoms with E-state index in [-0.39, 0.29) is 0 Å². The highest BCUT2D eigenvalue weighted by atomic mass is 16.5. The van der Waals surface area contributed by atoms with Crippen molar-refractivity contribution in [3.8, 4) is 5.75 Å². The summed E-state index contributed by atoms with van der Waals surface area (Å²) in [6, 6.07) is 8.22. The van der Waals surface area contributed by atoms with Crippen LogP contribution < -0.4 is 9.64 Å². The summed E-state index contributed by atoms with van der Waals surface area (Å²) >= 11 is 0. The third-order valence-electron chi connectivity index (χ3n) is 2.61. The minimum absolute atomic E-state index is 0.917. The highest BCUT2D eigenvalue weighted by Crippen LogP contribution is 2.18. The number of anilines is 1. The van der Waals surface area contributed by atoms with Gasteiger partial charge in [-0.3, -0.25) is 0 Å². The predicted molar refractivity (Wildman–Crippen MR) is 77.1 cm³/mol. The van der Waals surface area contributed by atoms with E-state index in [0.717, 1.165) is 12.3 Å². The van der Waals surface area contributed by atoms with Crippen molar-refractivity contribution >= 4 is 5.69 Å². The molecular weight excluding hydrogens is 210 g/mol. The summed E-state index contributed by atoms with van der Waals surface area (Å²) in [4.78, 5) is 2.29. The summed E-state index contributed by atoms with van der Waals surface area (Å²) in [5, 5.41) is 0. The summed E-state index contributed by atoms with van der Waals surface area (Å²) in [6.45, 7) is 7.35. The second kappa shape index (κ2) is 10.0. The Morgan fingerprint density at radius 3 is 2.12 bits per heavy atom. The average Bonchev–Trinajstić information content (AvgIpc) is 2.41. The molecule has 0 heterocycles. The molecule has 0 aliphatic heterocycles. The van der Waals surface area contributed by atoms with E-state index in [0.29, 0.717) is 0 Å². The van der Waals surface area contributed by atoms with Gasteiger partial charge >= 0.3 is 0 Å². The monoisotopic (exact) mass is 237 g/mol. The summed E-state index contributed by atoms with van der Waals surface area (Å²) in [5.74, 6) is 0.917. The molecule has 0 spiro atoms. The molecule has 2 heteroatoms. The minimum Gasteiger partial charge on any atom is -0.497 e. The number of hydrogen-bond donors (Lipinski definition) is 0. The standard InChI is InChI=1S/C13H21NO.C2H6/c1-4-5-6-11-14(2)12-7-9-13(15-3)10-8-12;1-2/h7-10H,4-6,11H2,1-3H3;1-2H3. The lowest BCUT2D eigenvalue weighted by molar-refractivity contribution is 0.415. The number of unbranched alkanes of at least 4 members (excludes halogenated alkanes) is 2. The van der Waals surface area contributed by atoms with Gasteiger partial charge in [0, 0.05) is 19.3 Å². The molecule has 0 saturated carbocycles. The zero-order chi connectivity index (χ0) is 13.1. The molecule has 1 aromatic carbocycles. The Kier molecular flexibility index (Phi) is 9.31. The van der Waals surface area contributed by atoms with Crippen LogP contribution in [0.25, 0.3) is 0 Å². The van der Waals surface area contributed by atoms with Gasteiger partial charge in [0.15, 0.2) is 0 Å². The first-order chi connectivity index (χ1) is 8.27. The van der Waals surface area contributed by atoms with Crippen LogP contribution in [0.1, 0.15) is 40.0 Å². The lowest BCUT2D eigenvalue weighted by atomic mass is 10.2. The highest BCUT2D eigenvalue weighted by molar-refractivity contribution is 5.48. The molecule has 0 amide bonds. The van der Waals surface area contributed by atoms with E-state index in [1.54, 1.807) is 7.11 Å².